The molecule has 0 aliphatic heterocycles. The van der Waals surface area contributed by atoms with E-state index in [1.807, 2.05) is 0 Å². The van der Waals surface area contributed by atoms with Crippen molar-refractivity contribution in [3.05, 3.63) is 69.3 Å². The fourth-order valence-electron chi connectivity index (χ4n) is 1.70. The average Bonchev–Trinajstić information content (AvgIpc) is 2.58. The highest BCUT2D eigenvalue weighted by molar-refractivity contribution is 8.17. The Labute approximate surface area is 150 Å². The smallest absolute Gasteiger partial charge is 0.277 e. The maximum absolute atomic E-state index is 12.9. The fraction of sp³-hybridized carbons (Fsp3) is 0. The van der Waals surface area contributed by atoms with Crippen molar-refractivity contribution in [2.75, 3.05) is 5.32 Å². The summed E-state index contributed by atoms with van der Waals surface area (Å²) in [7, 11) is 0. The fourth-order valence-corrected chi connectivity index (χ4v) is 3.57. The molecule has 0 aliphatic carbocycles. The maximum Gasteiger partial charge on any atom is 0.277 e. The third-order valence-corrected chi connectivity index (χ3v) is 5.56. The predicted octanol–water partition coefficient (Wildman–Crippen LogP) is 2.96. The van der Waals surface area contributed by atoms with E-state index in [0.717, 1.165) is 0 Å². The van der Waals surface area contributed by atoms with Crippen LogP contribution in [0.25, 0.3) is 0 Å². The van der Waals surface area contributed by atoms with Crippen molar-refractivity contribution >= 4 is 46.3 Å². The summed E-state index contributed by atoms with van der Waals surface area (Å²) in [6, 6.07) is 11.4. The summed E-state index contributed by atoms with van der Waals surface area (Å²) in [5.74, 6) is -1.12. The molecule has 126 valence electrons. The van der Waals surface area contributed by atoms with E-state index in [0.29, 0.717) is 27.6 Å². The van der Waals surface area contributed by atoms with Gasteiger partial charge in [-0.15, -0.1) is 0 Å². The number of hydrogen-bond donors (Lipinski definition) is 3. The Kier molecular flexibility index (Phi) is 6.52. The summed E-state index contributed by atoms with van der Waals surface area (Å²) in [5.41, 5.74) is 5.86. The Hall–Kier alpha value is -1.71. The number of rotatable bonds is 5. The summed E-state index contributed by atoms with van der Waals surface area (Å²) in [5, 5.41) is 8.50. The maximum atomic E-state index is 12.9. The molecule has 5 nitrogen and oxygen atoms in total. The zero-order valence-electron chi connectivity index (χ0n) is 12.2. The van der Waals surface area contributed by atoms with E-state index in [4.69, 9.17) is 22.5 Å². The number of carbonyl (C=O) groups excluding carboxylic acids is 1. The van der Waals surface area contributed by atoms with Crippen molar-refractivity contribution in [3.63, 3.8) is 0 Å². The van der Waals surface area contributed by atoms with Gasteiger partial charge in [-0.25, -0.2) is 4.39 Å². The van der Waals surface area contributed by atoms with Gasteiger partial charge < -0.3 is 15.6 Å². The van der Waals surface area contributed by atoms with Gasteiger partial charge in [-0.3, -0.25) is 9.93 Å². The molecule has 1 atom stereocenters. The van der Waals surface area contributed by atoms with Crippen molar-refractivity contribution in [1.29, 1.82) is 0 Å². The van der Waals surface area contributed by atoms with Crippen molar-refractivity contribution in [2.45, 2.75) is 4.90 Å². The van der Waals surface area contributed by atoms with Crippen LogP contribution in [0, 0.1) is 5.82 Å². The molecule has 24 heavy (non-hydrogen) atoms. The number of hydrogen-bond acceptors (Lipinski definition) is 5. The monoisotopic (exact) mass is 385 g/mol. The minimum absolute atomic E-state index is 0.0111. The Morgan fingerprint density at radius 1 is 1.17 bits per heavy atom. The number of nitrogens with two attached hydrogens (primary N) is 2. The van der Waals surface area contributed by atoms with E-state index in [1.165, 1.54) is 24.3 Å². The number of anilines is 1. The van der Waals surface area contributed by atoms with Crippen LogP contribution in [0.2, 0.25) is 5.02 Å². The first-order valence-corrected chi connectivity index (χ1v) is 8.94. The average molecular weight is 386 g/mol. The van der Waals surface area contributed by atoms with Gasteiger partial charge in [0, 0.05) is 33.8 Å². The Morgan fingerprint density at radius 2 is 1.75 bits per heavy atom. The standard InChI is InChI=1S/C15H13ClFN3O2S2/c16-9-1-7-12(8-2-9)24(22)15(23-19)13(18)14(21)20-11-5-3-10(17)4-6-11/h1-8H,18-19H2,(H,20,21)/b15-13+. The van der Waals surface area contributed by atoms with Gasteiger partial charge in [-0.05, 0) is 48.5 Å². The quantitative estimate of drug-likeness (QED) is 0.417. The molecule has 2 rings (SSSR count). The SMILES string of the molecule is NS/C(=C(\N)C(=O)Nc1ccc(F)cc1)[S+]([O-])c1ccc(Cl)cc1. The Morgan fingerprint density at radius 3 is 2.29 bits per heavy atom. The second-order valence-corrected chi connectivity index (χ2v) is 7.26. The van der Waals surface area contributed by atoms with Crippen molar-refractivity contribution in [2.24, 2.45) is 10.9 Å². The zero-order chi connectivity index (χ0) is 17.7. The van der Waals surface area contributed by atoms with Crippen LogP contribution in [0.1, 0.15) is 0 Å². The van der Waals surface area contributed by atoms with Gasteiger partial charge in [-0.2, -0.15) is 0 Å². The lowest BCUT2D eigenvalue weighted by atomic mass is 10.3. The topological polar surface area (TPSA) is 104 Å². The largest absolute Gasteiger partial charge is 0.606 e. The molecule has 0 heterocycles. The van der Waals surface area contributed by atoms with Gasteiger partial charge in [0.1, 0.15) is 5.82 Å². The molecule has 9 heteroatoms. The van der Waals surface area contributed by atoms with Gasteiger partial charge in [0.15, 0.2) is 10.6 Å². The number of halogens is 2. The first-order valence-electron chi connectivity index (χ1n) is 6.53. The number of carbonyl (C=O) groups is 1. The molecule has 0 aliphatic rings. The van der Waals surface area contributed by atoms with Gasteiger partial charge in [0.05, 0.1) is 0 Å². The van der Waals surface area contributed by atoms with E-state index < -0.39 is 22.9 Å². The summed E-state index contributed by atoms with van der Waals surface area (Å²) < 4.78 is 25.4. The molecule has 2 aromatic rings. The Bertz CT molecular complexity index is 754. The molecular formula is C15H13ClFN3O2S2. The highest BCUT2D eigenvalue weighted by Crippen LogP contribution is 2.28. The molecule has 0 bridgehead atoms. The van der Waals surface area contributed by atoms with Crippen molar-refractivity contribution < 1.29 is 13.7 Å². The molecule has 0 spiro atoms. The Balaban J connectivity index is 2.22. The lowest BCUT2D eigenvalue weighted by Gasteiger charge is -2.13. The highest BCUT2D eigenvalue weighted by atomic mass is 35.5. The van der Waals surface area contributed by atoms with E-state index >= 15 is 0 Å². The van der Waals surface area contributed by atoms with E-state index in [9.17, 15) is 13.7 Å². The van der Waals surface area contributed by atoms with Crippen LogP contribution in [-0.2, 0) is 16.0 Å². The molecule has 2 aromatic carbocycles. The van der Waals surface area contributed by atoms with Crippen LogP contribution in [0.3, 0.4) is 0 Å². The van der Waals surface area contributed by atoms with Crippen LogP contribution in [-0.4, -0.2) is 10.5 Å². The van der Waals surface area contributed by atoms with Crippen molar-refractivity contribution in [3.8, 4) is 0 Å². The molecule has 0 saturated heterocycles. The van der Waals surface area contributed by atoms with Gasteiger partial charge in [0.25, 0.3) is 5.91 Å². The third-order valence-electron chi connectivity index (χ3n) is 2.87. The first-order chi connectivity index (χ1) is 11.4. The number of amides is 1. The van der Waals surface area contributed by atoms with Crippen LogP contribution >= 0.6 is 23.5 Å². The minimum atomic E-state index is -1.73. The molecule has 0 saturated carbocycles. The molecule has 0 radical (unpaired) electrons. The normalized spacial score (nSPS) is 13.2. The van der Waals surface area contributed by atoms with Crippen LogP contribution in [0.15, 0.2) is 63.4 Å². The minimum Gasteiger partial charge on any atom is -0.606 e. The molecule has 1 unspecified atom stereocenters. The summed E-state index contributed by atoms with van der Waals surface area (Å²) in [6.45, 7) is 0. The van der Waals surface area contributed by atoms with Gasteiger partial charge in [-0.1, -0.05) is 11.6 Å². The molecule has 1 amide bonds. The molecule has 5 N–H and O–H groups in total. The first kappa shape index (κ1) is 18.6. The van der Waals surface area contributed by atoms with Gasteiger partial charge >= 0.3 is 0 Å². The lowest BCUT2D eigenvalue weighted by Crippen LogP contribution is -2.24. The zero-order valence-corrected chi connectivity index (χ0v) is 14.6. The van der Waals surface area contributed by atoms with Crippen LogP contribution < -0.4 is 16.2 Å². The predicted molar refractivity (Wildman–Crippen MR) is 95.9 cm³/mol. The lowest BCUT2D eigenvalue weighted by molar-refractivity contribution is -0.112. The summed E-state index contributed by atoms with van der Waals surface area (Å²) >= 11 is 4.69. The molecule has 0 aromatic heterocycles. The summed E-state index contributed by atoms with van der Waals surface area (Å²) in [4.78, 5) is 12.6. The van der Waals surface area contributed by atoms with Crippen molar-refractivity contribution in [1.82, 2.24) is 0 Å². The highest BCUT2D eigenvalue weighted by Gasteiger charge is 2.25. The number of benzene rings is 2. The van der Waals surface area contributed by atoms with Crippen LogP contribution in [0.5, 0.6) is 0 Å². The second kappa shape index (κ2) is 8.41. The molecule has 0 fully saturated rings. The van der Waals surface area contributed by atoms with E-state index in [-0.39, 0.29) is 9.93 Å². The second-order valence-electron chi connectivity index (χ2n) is 4.50. The number of nitrogens with one attached hydrogen (secondary N) is 1. The third kappa shape index (κ3) is 4.65. The molecular weight excluding hydrogens is 373 g/mol. The summed E-state index contributed by atoms with van der Waals surface area (Å²) in [6.07, 6.45) is 0. The van der Waals surface area contributed by atoms with Crippen LogP contribution in [0.4, 0.5) is 10.1 Å². The van der Waals surface area contributed by atoms with Gasteiger partial charge in [0.2, 0.25) is 4.24 Å². The van der Waals surface area contributed by atoms with E-state index in [2.05, 4.69) is 5.32 Å². The van der Waals surface area contributed by atoms with E-state index in [1.54, 1.807) is 24.3 Å².